The SMILES string of the molecule is CCn1c(=O)sc2cc(NC(=O)C3CCN(Cc4ccccc4Cl)CC3)ccc21. The van der Waals surface area contributed by atoms with Crippen LogP contribution >= 0.6 is 22.9 Å². The van der Waals surface area contributed by atoms with Crippen molar-refractivity contribution in [3.05, 3.63) is 62.7 Å². The molecule has 0 unspecified atom stereocenters. The van der Waals surface area contributed by atoms with Crippen LogP contribution in [-0.2, 0) is 17.9 Å². The highest BCUT2D eigenvalue weighted by Crippen LogP contribution is 2.25. The van der Waals surface area contributed by atoms with Gasteiger partial charge in [0.2, 0.25) is 5.91 Å². The zero-order chi connectivity index (χ0) is 20.4. The van der Waals surface area contributed by atoms with Gasteiger partial charge in [-0.05, 0) is 62.7 Å². The van der Waals surface area contributed by atoms with Gasteiger partial charge in [-0.1, -0.05) is 41.1 Å². The highest BCUT2D eigenvalue weighted by Gasteiger charge is 2.25. The Morgan fingerprint density at radius 1 is 1.21 bits per heavy atom. The molecule has 2 heterocycles. The minimum atomic E-state index is 0.00664. The van der Waals surface area contributed by atoms with Crippen LogP contribution in [0.25, 0.3) is 10.2 Å². The number of aromatic nitrogens is 1. The van der Waals surface area contributed by atoms with Gasteiger partial charge in [-0.15, -0.1) is 0 Å². The number of fused-ring (bicyclic) bond motifs is 1. The van der Waals surface area contributed by atoms with Crippen LogP contribution in [0.3, 0.4) is 0 Å². The molecule has 1 aromatic heterocycles. The lowest BCUT2D eigenvalue weighted by atomic mass is 9.95. The molecule has 152 valence electrons. The predicted molar refractivity (Wildman–Crippen MR) is 120 cm³/mol. The number of benzene rings is 2. The molecule has 0 aliphatic carbocycles. The van der Waals surface area contributed by atoms with Crippen LogP contribution in [0.2, 0.25) is 5.02 Å². The van der Waals surface area contributed by atoms with E-state index in [0.717, 1.165) is 59.0 Å². The zero-order valence-electron chi connectivity index (χ0n) is 16.4. The number of hydrogen-bond donors (Lipinski definition) is 1. The first-order valence-corrected chi connectivity index (χ1v) is 11.1. The molecule has 1 aliphatic rings. The molecule has 5 nitrogen and oxygen atoms in total. The second kappa shape index (κ2) is 8.69. The Balaban J connectivity index is 1.36. The molecule has 1 N–H and O–H groups in total. The summed E-state index contributed by atoms with van der Waals surface area (Å²) in [5.74, 6) is 0.0659. The third-order valence-corrected chi connectivity index (χ3v) is 6.87. The Morgan fingerprint density at radius 2 is 1.97 bits per heavy atom. The number of piperidine rings is 1. The molecular formula is C22H24ClN3O2S. The minimum Gasteiger partial charge on any atom is -0.326 e. The second-order valence-corrected chi connectivity index (χ2v) is 8.83. The van der Waals surface area contributed by atoms with E-state index < -0.39 is 0 Å². The average molecular weight is 430 g/mol. The fourth-order valence-electron chi connectivity index (χ4n) is 3.91. The summed E-state index contributed by atoms with van der Waals surface area (Å²) in [6.45, 7) is 5.18. The van der Waals surface area contributed by atoms with Crippen LogP contribution in [-0.4, -0.2) is 28.5 Å². The first-order valence-electron chi connectivity index (χ1n) is 9.95. The first-order chi connectivity index (χ1) is 14.0. The van der Waals surface area contributed by atoms with E-state index in [0.29, 0.717) is 6.54 Å². The zero-order valence-corrected chi connectivity index (χ0v) is 17.9. The fraction of sp³-hybridized carbons (Fsp3) is 0.364. The topological polar surface area (TPSA) is 54.3 Å². The van der Waals surface area contributed by atoms with Gasteiger partial charge in [0.25, 0.3) is 0 Å². The van der Waals surface area contributed by atoms with Gasteiger partial charge in [-0.25, -0.2) is 0 Å². The normalized spacial score (nSPS) is 15.7. The third kappa shape index (κ3) is 4.39. The Kier molecular flexibility index (Phi) is 6.04. The lowest BCUT2D eigenvalue weighted by Gasteiger charge is -2.31. The van der Waals surface area contributed by atoms with Gasteiger partial charge in [-0.2, -0.15) is 0 Å². The van der Waals surface area contributed by atoms with Gasteiger partial charge < -0.3 is 5.32 Å². The van der Waals surface area contributed by atoms with E-state index in [1.807, 2.05) is 43.3 Å². The number of halogens is 1. The standard InChI is InChI=1S/C22H24ClN3O2S/c1-2-26-19-8-7-17(13-20(19)29-22(26)28)24-21(27)15-9-11-25(12-10-15)14-16-5-3-4-6-18(16)23/h3-8,13,15H,2,9-12,14H2,1H3,(H,24,27). The van der Waals surface area contributed by atoms with Gasteiger partial charge >= 0.3 is 4.87 Å². The van der Waals surface area contributed by atoms with E-state index in [2.05, 4.69) is 16.3 Å². The van der Waals surface area contributed by atoms with Crippen molar-refractivity contribution in [3.8, 4) is 0 Å². The summed E-state index contributed by atoms with van der Waals surface area (Å²) >= 11 is 7.48. The van der Waals surface area contributed by atoms with Crippen molar-refractivity contribution < 1.29 is 4.79 Å². The summed E-state index contributed by atoms with van der Waals surface area (Å²) in [6, 6.07) is 13.6. The van der Waals surface area contributed by atoms with Gasteiger partial charge in [0.1, 0.15) is 0 Å². The third-order valence-electron chi connectivity index (χ3n) is 5.56. The molecule has 0 radical (unpaired) electrons. The van der Waals surface area contributed by atoms with Crippen molar-refractivity contribution >= 4 is 44.7 Å². The average Bonchev–Trinajstić information content (AvgIpc) is 3.04. The minimum absolute atomic E-state index is 0.00664. The fourth-order valence-corrected chi connectivity index (χ4v) is 5.10. The quantitative estimate of drug-likeness (QED) is 0.645. The largest absolute Gasteiger partial charge is 0.326 e. The van der Waals surface area contributed by atoms with E-state index >= 15 is 0 Å². The molecule has 29 heavy (non-hydrogen) atoms. The summed E-state index contributed by atoms with van der Waals surface area (Å²) in [5.41, 5.74) is 2.81. The molecule has 1 amide bonds. The second-order valence-electron chi connectivity index (χ2n) is 7.43. The number of carbonyl (C=O) groups excluding carboxylic acids is 1. The number of hydrogen-bond acceptors (Lipinski definition) is 4. The molecule has 4 rings (SSSR count). The van der Waals surface area contributed by atoms with Crippen LogP contribution < -0.4 is 10.2 Å². The highest BCUT2D eigenvalue weighted by atomic mass is 35.5. The Morgan fingerprint density at radius 3 is 2.69 bits per heavy atom. The van der Waals surface area contributed by atoms with Crippen molar-refractivity contribution in [2.45, 2.75) is 32.9 Å². The predicted octanol–water partition coefficient (Wildman–Crippen LogP) is 4.59. The van der Waals surface area contributed by atoms with E-state index in [4.69, 9.17) is 11.6 Å². The van der Waals surface area contributed by atoms with E-state index in [9.17, 15) is 9.59 Å². The van der Waals surface area contributed by atoms with Crippen LogP contribution in [0.5, 0.6) is 0 Å². The van der Waals surface area contributed by atoms with Crippen LogP contribution in [0.4, 0.5) is 5.69 Å². The number of rotatable bonds is 5. The lowest BCUT2D eigenvalue weighted by Crippen LogP contribution is -2.37. The molecule has 0 spiro atoms. The number of aryl methyl sites for hydroxylation is 1. The van der Waals surface area contributed by atoms with Crippen molar-refractivity contribution in [1.82, 2.24) is 9.47 Å². The number of nitrogens with zero attached hydrogens (tertiary/aromatic N) is 2. The maximum absolute atomic E-state index is 12.7. The monoisotopic (exact) mass is 429 g/mol. The number of nitrogens with one attached hydrogen (secondary N) is 1. The van der Waals surface area contributed by atoms with E-state index in [1.165, 1.54) is 11.3 Å². The van der Waals surface area contributed by atoms with Crippen LogP contribution in [0.1, 0.15) is 25.3 Å². The molecular weight excluding hydrogens is 406 g/mol. The number of carbonyl (C=O) groups is 1. The van der Waals surface area contributed by atoms with Gasteiger partial charge in [-0.3, -0.25) is 19.1 Å². The maximum atomic E-state index is 12.7. The number of likely N-dealkylation sites (tertiary alicyclic amines) is 1. The Labute approximate surface area is 178 Å². The Hall–Kier alpha value is -2.15. The van der Waals surface area contributed by atoms with E-state index in [1.54, 1.807) is 4.57 Å². The highest BCUT2D eigenvalue weighted by molar-refractivity contribution is 7.16. The van der Waals surface area contributed by atoms with Crippen LogP contribution in [0, 0.1) is 5.92 Å². The summed E-state index contributed by atoms with van der Waals surface area (Å²) in [4.78, 5) is 27.1. The Bertz CT molecular complexity index is 1080. The molecule has 7 heteroatoms. The smallest absolute Gasteiger partial charge is 0.308 e. The molecule has 0 saturated carbocycles. The summed E-state index contributed by atoms with van der Waals surface area (Å²) in [5, 5.41) is 3.83. The summed E-state index contributed by atoms with van der Waals surface area (Å²) in [7, 11) is 0. The van der Waals surface area contributed by atoms with Crippen molar-refractivity contribution in [3.63, 3.8) is 0 Å². The molecule has 1 saturated heterocycles. The van der Waals surface area contributed by atoms with E-state index in [-0.39, 0.29) is 16.7 Å². The van der Waals surface area contributed by atoms with Crippen molar-refractivity contribution in [2.24, 2.45) is 5.92 Å². The molecule has 1 aliphatic heterocycles. The molecule has 0 bridgehead atoms. The lowest BCUT2D eigenvalue weighted by molar-refractivity contribution is -0.121. The van der Waals surface area contributed by atoms with Crippen LogP contribution in [0.15, 0.2) is 47.3 Å². The van der Waals surface area contributed by atoms with Gasteiger partial charge in [0.15, 0.2) is 0 Å². The number of anilines is 1. The van der Waals surface area contributed by atoms with Gasteiger partial charge in [0.05, 0.1) is 10.2 Å². The van der Waals surface area contributed by atoms with Crippen molar-refractivity contribution in [2.75, 3.05) is 18.4 Å². The first kappa shape index (κ1) is 20.1. The molecule has 2 aromatic carbocycles. The molecule has 3 aromatic rings. The van der Waals surface area contributed by atoms with Gasteiger partial charge in [0, 0.05) is 29.7 Å². The maximum Gasteiger partial charge on any atom is 0.308 e. The number of thiazole rings is 1. The summed E-state index contributed by atoms with van der Waals surface area (Å²) < 4.78 is 2.66. The molecule has 0 atom stereocenters. The van der Waals surface area contributed by atoms with Crippen molar-refractivity contribution in [1.29, 1.82) is 0 Å². The summed E-state index contributed by atoms with van der Waals surface area (Å²) in [6.07, 6.45) is 1.66. The number of amides is 1. The molecule has 1 fully saturated rings.